The molecule has 3 aromatic carbocycles. The van der Waals surface area contributed by atoms with E-state index < -0.39 is 5.82 Å². The highest BCUT2D eigenvalue weighted by molar-refractivity contribution is 9.10. The zero-order chi connectivity index (χ0) is 15.0. The van der Waals surface area contributed by atoms with Gasteiger partial charge >= 0.3 is 0 Å². The van der Waals surface area contributed by atoms with Gasteiger partial charge in [-0.1, -0.05) is 54.1 Å². The first-order valence-electron chi connectivity index (χ1n) is 6.25. The highest BCUT2D eigenvalue weighted by atomic mass is 79.9. The van der Waals surface area contributed by atoms with Crippen molar-refractivity contribution in [2.45, 2.75) is 0 Å². The topological polar surface area (TPSA) is 17.1 Å². The lowest BCUT2D eigenvalue weighted by molar-refractivity contribution is 0.103. The molecule has 0 N–H and O–H groups in total. The van der Waals surface area contributed by atoms with Crippen LogP contribution in [0.3, 0.4) is 0 Å². The Kier molecular flexibility index (Phi) is 3.79. The molecule has 0 saturated heterocycles. The number of rotatable bonds is 2. The third-order valence-corrected chi connectivity index (χ3v) is 4.49. The number of ketones is 1. The zero-order valence-electron chi connectivity index (χ0n) is 10.7. The summed E-state index contributed by atoms with van der Waals surface area (Å²) in [5, 5.41) is 2.04. The van der Waals surface area contributed by atoms with E-state index in [9.17, 15) is 9.18 Å². The molecular weight excluding hydrogens is 355 g/mol. The minimum Gasteiger partial charge on any atom is -0.288 e. The summed E-state index contributed by atoms with van der Waals surface area (Å²) in [6.07, 6.45) is 0. The van der Waals surface area contributed by atoms with Gasteiger partial charge < -0.3 is 0 Å². The van der Waals surface area contributed by atoms with E-state index in [2.05, 4.69) is 15.9 Å². The van der Waals surface area contributed by atoms with Crippen LogP contribution in [0.5, 0.6) is 0 Å². The first-order chi connectivity index (χ1) is 10.1. The fourth-order valence-electron chi connectivity index (χ4n) is 2.27. The zero-order valence-corrected chi connectivity index (χ0v) is 13.1. The van der Waals surface area contributed by atoms with E-state index in [0.717, 1.165) is 10.8 Å². The van der Waals surface area contributed by atoms with Gasteiger partial charge in [-0.3, -0.25) is 4.79 Å². The summed E-state index contributed by atoms with van der Waals surface area (Å²) in [4.78, 5) is 12.6. The summed E-state index contributed by atoms with van der Waals surface area (Å²) < 4.78 is 14.5. The molecule has 0 saturated carbocycles. The van der Waals surface area contributed by atoms with Crippen molar-refractivity contribution in [3.8, 4) is 0 Å². The van der Waals surface area contributed by atoms with Crippen LogP contribution < -0.4 is 0 Å². The predicted octanol–water partition coefficient (Wildman–Crippen LogP) is 5.63. The first-order valence-corrected chi connectivity index (χ1v) is 7.42. The van der Waals surface area contributed by atoms with Crippen LogP contribution in [0.25, 0.3) is 10.8 Å². The number of halogens is 3. The molecule has 0 radical (unpaired) electrons. The van der Waals surface area contributed by atoms with Gasteiger partial charge in [-0.05, 0) is 38.8 Å². The summed E-state index contributed by atoms with van der Waals surface area (Å²) in [6, 6.07) is 15.5. The van der Waals surface area contributed by atoms with Crippen LogP contribution in [0, 0.1) is 5.82 Å². The molecule has 3 rings (SSSR count). The molecule has 0 unspecified atom stereocenters. The lowest BCUT2D eigenvalue weighted by Gasteiger charge is -2.08. The Bertz CT molecular complexity index is 855. The number of carbonyl (C=O) groups excluding carboxylic acids is 1. The summed E-state index contributed by atoms with van der Waals surface area (Å²) >= 11 is 9.11. The third kappa shape index (κ3) is 2.59. The van der Waals surface area contributed by atoms with Gasteiger partial charge in [0, 0.05) is 10.0 Å². The molecule has 0 spiro atoms. The molecule has 104 valence electrons. The van der Waals surface area contributed by atoms with Crippen LogP contribution in [0.2, 0.25) is 5.02 Å². The molecule has 0 aliphatic heterocycles. The van der Waals surface area contributed by atoms with Crippen LogP contribution in [0.15, 0.2) is 59.1 Å². The van der Waals surface area contributed by atoms with Crippen LogP contribution >= 0.6 is 27.5 Å². The maximum atomic E-state index is 14.1. The molecule has 1 nitrogen and oxygen atoms in total. The standard InChI is InChI=1S/C17H9BrClFO/c18-14-9-16(20)13(8-15(14)19)17(21)12-7-3-5-10-4-1-2-6-11(10)12/h1-9H. The molecule has 3 aromatic rings. The van der Waals surface area contributed by atoms with E-state index in [4.69, 9.17) is 11.6 Å². The predicted molar refractivity (Wildman–Crippen MR) is 86.5 cm³/mol. The molecule has 0 aliphatic carbocycles. The SMILES string of the molecule is O=C(c1cc(Cl)c(Br)cc1F)c1cccc2ccccc12. The number of hydrogen-bond acceptors (Lipinski definition) is 1. The van der Waals surface area contributed by atoms with E-state index in [0.29, 0.717) is 15.1 Å². The minimum atomic E-state index is -0.593. The van der Waals surface area contributed by atoms with Crippen molar-refractivity contribution < 1.29 is 9.18 Å². The quantitative estimate of drug-likeness (QED) is 0.426. The smallest absolute Gasteiger partial charge is 0.196 e. The van der Waals surface area contributed by atoms with Gasteiger partial charge in [-0.2, -0.15) is 0 Å². The Balaban J connectivity index is 2.20. The first kappa shape index (κ1) is 14.2. The van der Waals surface area contributed by atoms with Crippen molar-refractivity contribution in [3.05, 3.63) is 81.0 Å². The maximum Gasteiger partial charge on any atom is 0.196 e. The largest absolute Gasteiger partial charge is 0.288 e. The van der Waals surface area contributed by atoms with Gasteiger partial charge in [-0.15, -0.1) is 0 Å². The molecule has 0 heterocycles. The molecular formula is C17H9BrClFO. The van der Waals surface area contributed by atoms with Gasteiger partial charge in [-0.25, -0.2) is 4.39 Å². The Morgan fingerprint density at radius 3 is 2.52 bits per heavy atom. The monoisotopic (exact) mass is 362 g/mol. The second kappa shape index (κ2) is 5.58. The van der Waals surface area contributed by atoms with Gasteiger partial charge in [0.05, 0.1) is 10.6 Å². The molecule has 0 atom stereocenters. The Labute approximate surface area is 134 Å². The lowest BCUT2D eigenvalue weighted by atomic mass is 9.97. The van der Waals surface area contributed by atoms with Gasteiger partial charge in [0.15, 0.2) is 5.78 Å². The van der Waals surface area contributed by atoms with Gasteiger partial charge in [0.2, 0.25) is 0 Å². The normalized spacial score (nSPS) is 10.8. The van der Waals surface area contributed by atoms with E-state index in [-0.39, 0.29) is 11.3 Å². The highest BCUT2D eigenvalue weighted by Crippen LogP contribution is 2.28. The minimum absolute atomic E-state index is 0.0282. The van der Waals surface area contributed by atoms with E-state index >= 15 is 0 Å². The van der Waals surface area contributed by atoms with Crippen LogP contribution in [-0.2, 0) is 0 Å². The average molecular weight is 364 g/mol. The van der Waals surface area contributed by atoms with Crippen molar-refractivity contribution in [1.29, 1.82) is 0 Å². The summed E-state index contributed by atoms with van der Waals surface area (Å²) in [5.74, 6) is -0.970. The van der Waals surface area contributed by atoms with Gasteiger partial charge in [0.1, 0.15) is 5.82 Å². The summed E-state index contributed by atoms with van der Waals surface area (Å²) in [5.41, 5.74) is 0.435. The third-order valence-electron chi connectivity index (χ3n) is 3.29. The Morgan fingerprint density at radius 1 is 1.00 bits per heavy atom. The molecule has 0 bridgehead atoms. The molecule has 0 amide bonds. The molecule has 0 fully saturated rings. The molecule has 21 heavy (non-hydrogen) atoms. The van der Waals surface area contributed by atoms with Crippen LogP contribution in [0.4, 0.5) is 4.39 Å². The second-order valence-corrected chi connectivity index (χ2v) is 5.86. The fourth-order valence-corrected chi connectivity index (χ4v) is 2.74. The second-order valence-electron chi connectivity index (χ2n) is 4.60. The van der Waals surface area contributed by atoms with Crippen LogP contribution in [-0.4, -0.2) is 5.78 Å². The highest BCUT2D eigenvalue weighted by Gasteiger charge is 2.18. The maximum absolute atomic E-state index is 14.1. The Hall–Kier alpha value is -1.71. The fraction of sp³-hybridized carbons (Fsp3) is 0. The van der Waals surface area contributed by atoms with Crippen LogP contribution in [0.1, 0.15) is 15.9 Å². The summed E-state index contributed by atoms with van der Waals surface area (Å²) in [6.45, 7) is 0. The van der Waals surface area contributed by atoms with Crippen molar-refractivity contribution in [2.75, 3.05) is 0 Å². The van der Waals surface area contributed by atoms with E-state index in [1.54, 1.807) is 12.1 Å². The number of benzene rings is 3. The van der Waals surface area contributed by atoms with Crippen molar-refractivity contribution in [2.24, 2.45) is 0 Å². The molecule has 4 heteroatoms. The molecule has 0 aromatic heterocycles. The molecule has 0 aliphatic rings. The number of carbonyl (C=O) groups is 1. The number of hydrogen-bond donors (Lipinski definition) is 0. The van der Waals surface area contributed by atoms with Crippen molar-refractivity contribution >= 4 is 44.1 Å². The lowest BCUT2D eigenvalue weighted by Crippen LogP contribution is -2.05. The number of fused-ring (bicyclic) bond motifs is 1. The van der Waals surface area contributed by atoms with E-state index in [1.807, 2.05) is 30.3 Å². The van der Waals surface area contributed by atoms with Gasteiger partial charge in [0.25, 0.3) is 0 Å². The van der Waals surface area contributed by atoms with E-state index in [1.165, 1.54) is 12.1 Å². The summed E-state index contributed by atoms with van der Waals surface area (Å²) in [7, 11) is 0. The average Bonchev–Trinajstić information content (AvgIpc) is 2.49. The Morgan fingerprint density at radius 2 is 1.71 bits per heavy atom. The van der Waals surface area contributed by atoms with Crippen molar-refractivity contribution in [3.63, 3.8) is 0 Å². The van der Waals surface area contributed by atoms with Crippen molar-refractivity contribution in [1.82, 2.24) is 0 Å².